The summed E-state index contributed by atoms with van der Waals surface area (Å²) in [7, 11) is 0. The number of aromatic amines is 1. The number of benzene rings is 1. The fourth-order valence-corrected chi connectivity index (χ4v) is 2.92. The largest absolute Gasteiger partial charge is 0.337 e. The molecular formula is C16H20N4O. The average molecular weight is 284 g/mol. The van der Waals surface area contributed by atoms with Crippen LogP contribution in [0.4, 0.5) is 0 Å². The maximum absolute atomic E-state index is 12.4. The molecule has 5 heteroatoms. The molecule has 1 N–H and O–H groups in total. The van der Waals surface area contributed by atoms with Crippen LogP contribution in [0.15, 0.2) is 30.3 Å². The Morgan fingerprint density at radius 3 is 2.57 bits per heavy atom. The maximum Gasteiger partial charge on any atom is 0.276 e. The highest BCUT2D eigenvalue weighted by molar-refractivity contribution is 5.93. The number of amides is 1. The van der Waals surface area contributed by atoms with Crippen LogP contribution < -0.4 is 0 Å². The van der Waals surface area contributed by atoms with Gasteiger partial charge >= 0.3 is 0 Å². The van der Waals surface area contributed by atoms with E-state index >= 15 is 0 Å². The van der Waals surface area contributed by atoms with E-state index in [1.54, 1.807) is 6.92 Å². The van der Waals surface area contributed by atoms with Crippen molar-refractivity contribution in [1.82, 2.24) is 20.3 Å². The molecule has 0 saturated carbocycles. The molecule has 3 rings (SSSR count). The van der Waals surface area contributed by atoms with Gasteiger partial charge in [-0.25, -0.2) is 0 Å². The Morgan fingerprint density at radius 1 is 1.24 bits per heavy atom. The van der Waals surface area contributed by atoms with E-state index < -0.39 is 0 Å². The van der Waals surface area contributed by atoms with E-state index in [-0.39, 0.29) is 5.91 Å². The molecule has 1 aromatic carbocycles. The summed E-state index contributed by atoms with van der Waals surface area (Å²) >= 11 is 0. The second-order valence-electron chi connectivity index (χ2n) is 5.68. The first-order valence-corrected chi connectivity index (χ1v) is 7.44. The van der Waals surface area contributed by atoms with Crippen molar-refractivity contribution in [3.8, 4) is 0 Å². The van der Waals surface area contributed by atoms with Gasteiger partial charge in [-0.2, -0.15) is 15.4 Å². The number of rotatable bonds is 3. The summed E-state index contributed by atoms with van der Waals surface area (Å²) in [6.45, 7) is 3.42. The smallest absolute Gasteiger partial charge is 0.276 e. The predicted molar refractivity (Wildman–Crippen MR) is 79.9 cm³/mol. The summed E-state index contributed by atoms with van der Waals surface area (Å²) in [6, 6.07) is 10.6. The van der Waals surface area contributed by atoms with Crippen LogP contribution >= 0.6 is 0 Å². The van der Waals surface area contributed by atoms with Crippen LogP contribution in [0.3, 0.4) is 0 Å². The number of H-pyrrole nitrogens is 1. The molecule has 2 heterocycles. The molecule has 0 spiro atoms. The van der Waals surface area contributed by atoms with Crippen molar-refractivity contribution < 1.29 is 4.79 Å². The number of nitrogens with zero attached hydrogens (tertiary/aromatic N) is 3. The lowest BCUT2D eigenvalue weighted by Gasteiger charge is -2.31. The van der Waals surface area contributed by atoms with Crippen molar-refractivity contribution in [3.05, 3.63) is 47.3 Å². The van der Waals surface area contributed by atoms with Gasteiger partial charge in [0.25, 0.3) is 5.91 Å². The molecule has 0 atom stereocenters. The lowest BCUT2D eigenvalue weighted by molar-refractivity contribution is 0.0684. The van der Waals surface area contributed by atoms with Crippen LogP contribution in [0.5, 0.6) is 0 Å². The molecule has 1 aliphatic rings. The van der Waals surface area contributed by atoms with Gasteiger partial charge < -0.3 is 4.90 Å². The summed E-state index contributed by atoms with van der Waals surface area (Å²) in [5, 5.41) is 10.4. The molecule has 0 radical (unpaired) electrons. The third-order valence-corrected chi connectivity index (χ3v) is 4.19. The van der Waals surface area contributed by atoms with E-state index in [0.29, 0.717) is 17.3 Å². The molecule has 1 fully saturated rings. The fraction of sp³-hybridized carbons (Fsp3) is 0.438. The Bertz CT molecular complexity index is 600. The lowest BCUT2D eigenvalue weighted by Crippen LogP contribution is -2.39. The zero-order valence-electron chi connectivity index (χ0n) is 12.2. The first-order chi connectivity index (χ1) is 10.2. The van der Waals surface area contributed by atoms with E-state index in [9.17, 15) is 4.79 Å². The minimum absolute atomic E-state index is 0.000545. The zero-order valence-corrected chi connectivity index (χ0v) is 12.2. The van der Waals surface area contributed by atoms with Crippen LogP contribution in [-0.2, 0) is 6.42 Å². The summed E-state index contributed by atoms with van der Waals surface area (Å²) in [5.74, 6) is 0.661. The Labute approximate surface area is 124 Å². The molecule has 1 aliphatic heterocycles. The second-order valence-corrected chi connectivity index (χ2v) is 5.68. The molecule has 1 aromatic heterocycles. The first kappa shape index (κ1) is 13.8. The first-order valence-electron chi connectivity index (χ1n) is 7.44. The Morgan fingerprint density at radius 2 is 1.95 bits per heavy atom. The van der Waals surface area contributed by atoms with Gasteiger partial charge in [0, 0.05) is 13.1 Å². The number of carbonyl (C=O) groups is 1. The highest BCUT2D eigenvalue weighted by Crippen LogP contribution is 2.22. The highest BCUT2D eigenvalue weighted by atomic mass is 16.2. The fourth-order valence-electron chi connectivity index (χ4n) is 2.92. The number of hydrogen-bond acceptors (Lipinski definition) is 3. The van der Waals surface area contributed by atoms with Gasteiger partial charge in [-0.15, -0.1) is 0 Å². The van der Waals surface area contributed by atoms with Gasteiger partial charge in [0.1, 0.15) is 0 Å². The standard InChI is InChI=1S/C16H20N4O/c1-12-15(18-19-17-12)16(21)20-9-7-14(8-10-20)11-13-5-3-2-4-6-13/h2-6,14H,7-11H2,1H3,(H,17,18,19). The van der Waals surface area contributed by atoms with Gasteiger partial charge in [-0.1, -0.05) is 30.3 Å². The van der Waals surface area contributed by atoms with Gasteiger partial charge in [0.05, 0.1) is 5.69 Å². The van der Waals surface area contributed by atoms with Crippen LogP contribution in [0.25, 0.3) is 0 Å². The van der Waals surface area contributed by atoms with E-state index in [4.69, 9.17) is 0 Å². The number of piperidine rings is 1. The Hall–Kier alpha value is -2.17. The zero-order chi connectivity index (χ0) is 14.7. The molecule has 110 valence electrons. The number of nitrogens with one attached hydrogen (secondary N) is 1. The average Bonchev–Trinajstić information content (AvgIpc) is 2.94. The molecule has 0 aliphatic carbocycles. The number of carbonyl (C=O) groups excluding carboxylic acids is 1. The van der Waals surface area contributed by atoms with E-state index in [0.717, 1.165) is 32.4 Å². The third-order valence-electron chi connectivity index (χ3n) is 4.19. The third kappa shape index (κ3) is 3.12. The number of aryl methyl sites for hydroxylation is 1. The summed E-state index contributed by atoms with van der Waals surface area (Å²) < 4.78 is 0. The second kappa shape index (κ2) is 6.08. The Kier molecular flexibility index (Phi) is 3.99. The van der Waals surface area contributed by atoms with Crippen molar-refractivity contribution in [1.29, 1.82) is 0 Å². The Balaban J connectivity index is 1.56. The quantitative estimate of drug-likeness (QED) is 0.940. The normalized spacial score (nSPS) is 16.1. The van der Waals surface area contributed by atoms with Crippen LogP contribution in [-0.4, -0.2) is 39.3 Å². The number of aromatic nitrogens is 3. The molecule has 2 aromatic rings. The van der Waals surface area contributed by atoms with Crippen LogP contribution in [0.2, 0.25) is 0 Å². The van der Waals surface area contributed by atoms with Crippen molar-refractivity contribution in [2.45, 2.75) is 26.2 Å². The van der Waals surface area contributed by atoms with Gasteiger partial charge in [0.2, 0.25) is 0 Å². The van der Waals surface area contributed by atoms with Gasteiger partial charge in [0.15, 0.2) is 5.69 Å². The summed E-state index contributed by atoms with van der Waals surface area (Å²) in [5.41, 5.74) is 2.51. The van der Waals surface area contributed by atoms with Crippen LogP contribution in [0, 0.1) is 12.8 Å². The maximum atomic E-state index is 12.4. The topological polar surface area (TPSA) is 61.9 Å². The number of likely N-dealkylation sites (tertiary alicyclic amines) is 1. The predicted octanol–water partition coefficient (Wildman–Crippen LogP) is 2.21. The van der Waals surface area contributed by atoms with Crippen molar-refractivity contribution >= 4 is 5.91 Å². The monoisotopic (exact) mass is 284 g/mol. The van der Waals surface area contributed by atoms with E-state index in [2.05, 4.69) is 39.7 Å². The minimum atomic E-state index is -0.000545. The van der Waals surface area contributed by atoms with Gasteiger partial charge in [-0.3, -0.25) is 4.79 Å². The lowest BCUT2D eigenvalue weighted by atomic mass is 9.90. The molecule has 21 heavy (non-hydrogen) atoms. The van der Waals surface area contributed by atoms with Crippen LogP contribution in [0.1, 0.15) is 34.6 Å². The molecular weight excluding hydrogens is 264 g/mol. The molecule has 0 bridgehead atoms. The van der Waals surface area contributed by atoms with Crippen molar-refractivity contribution in [2.24, 2.45) is 5.92 Å². The summed E-state index contributed by atoms with van der Waals surface area (Å²) in [4.78, 5) is 14.2. The summed E-state index contributed by atoms with van der Waals surface area (Å²) in [6.07, 6.45) is 3.21. The molecule has 1 saturated heterocycles. The van der Waals surface area contributed by atoms with Crippen molar-refractivity contribution in [2.75, 3.05) is 13.1 Å². The molecule has 5 nitrogen and oxygen atoms in total. The SMILES string of the molecule is Cc1n[nH]nc1C(=O)N1CCC(Cc2ccccc2)CC1. The molecule has 0 unspecified atom stereocenters. The minimum Gasteiger partial charge on any atom is -0.337 e. The molecule has 1 amide bonds. The van der Waals surface area contributed by atoms with Gasteiger partial charge in [-0.05, 0) is 37.7 Å². The van der Waals surface area contributed by atoms with E-state index in [1.807, 2.05) is 11.0 Å². The van der Waals surface area contributed by atoms with Crippen molar-refractivity contribution in [3.63, 3.8) is 0 Å². The number of hydrogen-bond donors (Lipinski definition) is 1. The van der Waals surface area contributed by atoms with E-state index in [1.165, 1.54) is 5.56 Å². The highest BCUT2D eigenvalue weighted by Gasteiger charge is 2.26.